The third-order valence-corrected chi connectivity index (χ3v) is 11.8. The molecule has 0 spiro atoms. The lowest BCUT2D eigenvalue weighted by Gasteiger charge is -2.28. The molecule has 0 saturated heterocycles. The number of ether oxygens (including phenoxy) is 3. The first-order chi connectivity index (χ1) is 24.2. The Kier molecular flexibility index (Phi) is 17.7. The average Bonchev–Trinajstić information content (AvgIpc) is 3.12. The van der Waals surface area contributed by atoms with Gasteiger partial charge in [-0.3, -0.25) is 4.79 Å². The fraction of sp³-hybridized carbons (Fsp3) is 0.512. The number of carbonyl (C=O) groups excluding carboxylic acids is 2. The van der Waals surface area contributed by atoms with E-state index in [4.69, 9.17) is 27.5 Å². The molecule has 0 N–H and O–H groups in total. The molecule has 0 atom stereocenters. The minimum atomic E-state index is -3.02. The van der Waals surface area contributed by atoms with Crippen molar-refractivity contribution in [3.05, 3.63) is 78.4 Å². The zero-order chi connectivity index (χ0) is 36.2. The first kappa shape index (κ1) is 40.9. The first-order valence-electron chi connectivity index (χ1n) is 18.4. The molecule has 8 nitrogen and oxygen atoms in total. The average molecular weight is 707 g/mol. The van der Waals surface area contributed by atoms with E-state index >= 15 is 0 Å². The van der Waals surface area contributed by atoms with Crippen LogP contribution in [-0.4, -0.2) is 53.8 Å². The molecule has 3 aromatic carbocycles. The van der Waals surface area contributed by atoms with Gasteiger partial charge in [0.1, 0.15) is 11.5 Å². The van der Waals surface area contributed by atoms with Crippen LogP contribution in [0.4, 0.5) is 0 Å². The van der Waals surface area contributed by atoms with Crippen LogP contribution >= 0.6 is 0 Å². The number of esters is 2. The normalized spacial score (nSPS) is 11.7. The highest BCUT2D eigenvalue weighted by atomic mass is 28.4. The van der Waals surface area contributed by atoms with Crippen LogP contribution in [0.3, 0.4) is 0 Å². The van der Waals surface area contributed by atoms with Gasteiger partial charge in [-0.2, -0.15) is 0 Å². The highest BCUT2D eigenvalue weighted by molar-refractivity contribution is 6.75. The van der Waals surface area contributed by atoms with E-state index < -0.39 is 14.8 Å². The minimum absolute atomic E-state index is 0.0860. The molecule has 0 aliphatic carbocycles. The molecule has 3 aromatic rings. The third kappa shape index (κ3) is 13.0. The van der Waals surface area contributed by atoms with Gasteiger partial charge in [0.25, 0.3) is 0 Å². The highest BCUT2D eigenvalue weighted by Crippen LogP contribution is 2.25. The van der Waals surface area contributed by atoms with Gasteiger partial charge in [-0.25, -0.2) is 4.79 Å². The molecular weight excluding hydrogens is 649 g/mol. The first-order valence-corrected chi connectivity index (χ1v) is 20.2. The smallest absolute Gasteiger partial charge is 0.494 e. The zero-order valence-corrected chi connectivity index (χ0v) is 32.1. The second kappa shape index (κ2) is 21.7. The lowest BCUT2D eigenvalue weighted by atomic mass is 9.91. The van der Waals surface area contributed by atoms with E-state index in [1.807, 2.05) is 90.1 Å². The predicted octanol–water partition coefficient (Wildman–Crippen LogP) is 9.31. The molecule has 0 bridgehead atoms. The molecule has 0 radical (unpaired) electrons. The van der Waals surface area contributed by atoms with Crippen LogP contribution in [0, 0.1) is 5.41 Å². The molecule has 0 fully saturated rings. The van der Waals surface area contributed by atoms with Gasteiger partial charge in [0.2, 0.25) is 0 Å². The zero-order valence-electron chi connectivity index (χ0n) is 31.1. The third-order valence-electron chi connectivity index (χ3n) is 8.71. The van der Waals surface area contributed by atoms with Crippen molar-refractivity contribution in [3.8, 4) is 22.6 Å². The van der Waals surface area contributed by atoms with Crippen molar-refractivity contribution in [3.63, 3.8) is 0 Å². The molecule has 0 aliphatic rings. The fourth-order valence-corrected chi connectivity index (χ4v) is 7.80. The van der Waals surface area contributed by atoms with E-state index in [1.165, 1.54) is 25.7 Å². The molecule has 0 heterocycles. The SMILES string of the molecule is CCO[Si](OCC)(OCC)c1ccc(OC(=O)c2ccc(-c3ccc(OCCCCCCCCCCOC(=O)C(C)(C)CC)cc3)cc2)cc1. The van der Waals surface area contributed by atoms with Crippen molar-refractivity contribution in [1.29, 1.82) is 0 Å². The molecule has 3 rings (SSSR count). The van der Waals surface area contributed by atoms with E-state index in [2.05, 4.69) is 0 Å². The molecular formula is C41H58O8Si. The number of unbranched alkanes of at least 4 members (excludes halogenated alkanes) is 7. The number of benzene rings is 3. The monoisotopic (exact) mass is 706 g/mol. The summed E-state index contributed by atoms with van der Waals surface area (Å²) in [5.41, 5.74) is 2.13. The van der Waals surface area contributed by atoms with Gasteiger partial charge in [-0.15, -0.1) is 0 Å². The van der Waals surface area contributed by atoms with Gasteiger partial charge in [-0.05, 0) is 101 Å². The summed E-state index contributed by atoms with van der Waals surface area (Å²) in [4.78, 5) is 24.9. The second-order valence-corrected chi connectivity index (χ2v) is 15.5. The summed E-state index contributed by atoms with van der Waals surface area (Å²) in [5, 5.41) is 0.826. The van der Waals surface area contributed by atoms with Crippen LogP contribution in [-0.2, 0) is 22.8 Å². The molecule has 0 aliphatic heterocycles. The summed E-state index contributed by atoms with van der Waals surface area (Å²) in [6, 6.07) is 22.6. The lowest BCUT2D eigenvalue weighted by molar-refractivity contribution is -0.154. The Morgan fingerprint density at radius 3 is 1.54 bits per heavy atom. The summed E-state index contributed by atoms with van der Waals surface area (Å²) >= 11 is 0. The van der Waals surface area contributed by atoms with Gasteiger partial charge in [0, 0.05) is 25.0 Å². The summed E-state index contributed by atoms with van der Waals surface area (Å²) < 4.78 is 34.9. The number of carbonyl (C=O) groups is 2. The largest absolute Gasteiger partial charge is 0.537 e. The van der Waals surface area contributed by atoms with Crippen molar-refractivity contribution < 1.29 is 37.1 Å². The van der Waals surface area contributed by atoms with Crippen molar-refractivity contribution in [1.82, 2.24) is 0 Å². The van der Waals surface area contributed by atoms with Crippen LogP contribution in [0.2, 0.25) is 0 Å². The van der Waals surface area contributed by atoms with Crippen LogP contribution in [0.1, 0.15) is 110 Å². The molecule has 0 amide bonds. The summed E-state index contributed by atoms with van der Waals surface area (Å²) in [6.45, 7) is 14.3. The Bertz CT molecular complexity index is 1390. The molecule has 274 valence electrons. The maximum Gasteiger partial charge on any atom is 0.537 e. The number of hydrogen-bond donors (Lipinski definition) is 0. The van der Waals surface area contributed by atoms with E-state index in [-0.39, 0.29) is 11.4 Å². The Hall–Kier alpha value is -3.50. The fourth-order valence-electron chi connectivity index (χ4n) is 5.34. The van der Waals surface area contributed by atoms with Gasteiger partial charge < -0.3 is 27.5 Å². The van der Waals surface area contributed by atoms with E-state index in [9.17, 15) is 9.59 Å². The quantitative estimate of drug-likeness (QED) is 0.0394. The molecule has 50 heavy (non-hydrogen) atoms. The van der Waals surface area contributed by atoms with Gasteiger partial charge in [0.05, 0.1) is 24.2 Å². The second-order valence-electron chi connectivity index (χ2n) is 12.9. The lowest BCUT2D eigenvalue weighted by Crippen LogP contribution is -2.56. The maximum absolute atomic E-state index is 12.9. The van der Waals surface area contributed by atoms with Crippen LogP contribution in [0.15, 0.2) is 72.8 Å². The van der Waals surface area contributed by atoms with E-state index in [1.54, 1.807) is 24.3 Å². The van der Waals surface area contributed by atoms with Crippen molar-refractivity contribution in [2.75, 3.05) is 33.0 Å². The standard InChI is InChI=1S/C41H58O8Si/c1-7-41(5,6)40(43)45-32-18-16-14-12-11-13-15-17-31-44-36-25-23-34(24-26-36)33-19-21-35(22-20-33)39(42)49-37-27-29-38(30-28-37)50(46-8-2,47-9-3)48-10-4/h19-30H,7-18,31-32H2,1-6H3. The van der Waals surface area contributed by atoms with Crippen molar-refractivity contribution >= 4 is 25.9 Å². The predicted molar refractivity (Wildman–Crippen MR) is 201 cm³/mol. The summed E-state index contributed by atoms with van der Waals surface area (Å²) in [6.07, 6.45) is 9.85. The van der Waals surface area contributed by atoms with E-state index in [0.29, 0.717) is 44.3 Å². The number of rotatable bonds is 24. The molecule has 0 unspecified atom stereocenters. The van der Waals surface area contributed by atoms with E-state index in [0.717, 1.165) is 54.2 Å². The van der Waals surface area contributed by atoms with Crippen molar-refractivity contribution in [2.45, 2.75) is 99.3 Å². The Morgan fingerprint density at radius 1 is 0.580 bits per heavy atom. The van der Waals surface area contributed by atoms with Gasteiger partial charge in [-0.1, -0.05) is 81.8 Å². The minimum Gasteiger partial charge on any atom is -0.494 e. The molecule has 0 saturated carbocycles. The van der Waals surface area contributed by atoms with Gasteiger partial charge in [0.15, 0.2) is 0 Å². The van der Waals surface area contributed by atoms with Crippen LogP contribution in [0.5, 0.6) is 11.5 Å². The molecule has 0 aromatic heterocycles. The number of hydrogen-bond acceptors (Lipinski definition) is 8. The Labute approximate surface area is 301 Å². The van der Waals surface area contributed by atoms with Gasteiger partial charge >= 0.3 is 20.7 Å². The highest BCUT2D eigenvalue weighted by Gasteiger charge is 2.43. The Balaban J connectivity index is 1.34. The molecule has 9 heteroatoms. The summed E-state index contributed by atoms with van der Waals surface area (Å²) in [7, 11) is -3.02. The topological polar surface area (TPSA) is 89.5 Å². The van der Waals surface area contributed by atoms with Crippen LogP contribution < -0.4 is 14.7 Å². The Morgan fingerprint density at radius 2 is 1.04 bits per heavy atom. The summed E-state index contributed by atoms with van der Waals surface area (Å²) in [5.74, 6) is 0.774. The van der Waals surface area contributed by atoms with Crippen molar-refractivity contribution in [2.24, 2.45) is 5.41 Å². The van der Waals surface area contributed by atoms with Crippen LogP contribution in [0.25, 0.3) is 11.1 Å². The maximum atomic E-state index is 12.9.